The van der Waals surface area contributed by atoms with Crippen LogP contribution in [-0.2, 0) is 28.6 Å². The third-order valence-corrected chi connectivity index (χ3v) is 6.09. The van der Waals surface area contributed by atoms with Crippen LogP contribution in [0.2, 0.25) is 0 Å². The molecule has 0 fully saturated rings. The van der Waals surface area contributed by atoms with Crippen LogP contribution in [0.3, 0.4) is 0 Å². The van der Waals surface area contributed by atoms with Gasteiger partial charge in [0.2, 0.25) is 11.7 Å². The molecule has 1 aliphatic rings. The van der Waals surface area contributed by atoms with Crippen LogP contribution in [0.25, 0.3) is 5.69 Å². The maximum atomic E-state index is 13.5. The number of fused-ring (bicyclic) bond motifs is 1. The molecule has 11 nitrogen and oxygen atoms in total. The monoisotopic (exact) mass is 540 g/mol. The number of nitriles is 1. The first-order valence-electron chi connectivity index (χ1n) is 11.8. The Morgan fingerprint density at radius 3 is 2.59 bits per heavy atom. The zero-order valence-corrected chi connectivity index (χ0v) is 20.9. The van der Waals surface area contributed by atoms with Crippen molar-refractivity contribution in [1.82, 2.24) is 30.0 Å². The van der Waals surface area contributed by atoms with Crippen molar-refractivity contribution >= 4 is 23.5 Å². The molecule has 0 saturated heterocycles. The van der Waals surface area contributed by atoms with Gasteiger partial charge in [0, 0.05) is 31.8 Å². The van der Waals surface area contributed by atoms with E-state index in [9.17, 15) is 27.6 Å². The van der Waals surface area contributed by atoms with Gasteiger partial charge in [-0.2, -0.15) is 23.5 Å². The van der Waals surface area contributed by atoms with Crippen molar-refractivity contribution < 1.29 is 27.6 Å². The summed E-state index contributed by atoms with van der Waals surface area (Å²) < 4.78 is 40.7. The van der Waals surface area contributed by atoms with Crippen molar-refractivity contribution in [2.24, 2.45) is 0 Å². The Hall–Kier alpha value is -4.80. The summed E-state index contributed by atoms with van der Waals surface area (Å²) in [6.07, 6.45) is -4.22. The number of halogens is 3. The number of nitrogens with zero attached hydrogens (tertiary/aromatic N) is 7. The van der Waals surface area contributed by atoms with E-state index in [0.29, 0.717) is 28.8 Å². The number of amides is 3. The van der Waals surface area contributed by atoms with Gasteiger partial charge in [0.15, 0.2) is 0 Å². The van der Waals surface area contributed by atoms with E-state index in [2.05, 4.69) is 20.4 Å². The molecule has 1 N–H and O–H groups in total. The molecule has 0 bridgehead atoms. The summed E-state index contributed by atoms with van der Waals surface area (Å²) in [7, 11) is 1.48. The van der Waals surface area contributed by atoms with E-state index in [0.717, 1.165) is 6.20 Å². The van der Waals surface area contributed by atoms with E-state index in [-0.39, 0.29) is 31.8 Å². The van der Waals surface area contributed by atoms with Crippen molar-refractivity contribution in [3.05, 3.63) is 65.4 Å². The summed E-state index contributed by atoms with van der Waals surface area (Å²) in [5.41, 5.74) is 0.184. The fourth-order valence-corrected chi connectivity index (χ4v) is 4.19. The number of benzene rings is 1. The molecule has 0 aliphatic carbocycles. The quantitative estimate of drug-likeness (QED) is 0.452. The first kappa shape index (κ1) is 27.2. The summed E-state index contributed by atoms with van der Waals surface area (Å²) in [5, 5.41) is 16.0. The topological polar surface area (TPSA) is 137 Å². The van der Waals surface area contributed by atoms with Gasteiger partial charge in [0.05, 0.1) is 23.9 Å². The molecule has 4 rings (SSSR count). The van der Waals surface area contributed by atoms with Gasteiger partial charge in [0.25, 0.3) is 11.8 Å². The van der Waals surface area contributed by atoms with Crippen LogP contribution in [0, 0.1) is 11.3 Å². The number of rotatable bonds is 7. The maximum absolute atomic E-state index is 13.5. The second-order valence-electron chi connectivity index (χ2n) is 8.66. The number of likely N-dealkylation sites (N-methyl/N-ethyl adjacent to an activating group) is 2. The number of hydrogen-bond acceptors (Lipinski definition) is 7. The number of carbonyl (C=O) groups excluding carboxylic acids is 3. The Kier molecular flexibility index (Phi) is 7.61. The maximum Gasteiger partial charge on any atom is 0.433 e. The summed E-state index contributed by atoms with van der Waals surface area (Å²) in [4.78, 5) is 48.6. The number of carbonyl (C=O) groups is 3. The molecule has 0 spiro atoms. The van der Waals surface area contributed by atoms with Gasteiger partial charge >= 0.3 is 6.18 Å². The second kappa shape index (κ2) is 10.9. The number of alkyl halides is 3. The first-order valence-corrected chi connectivity index (χ1v) is 11.8. The molecule has 2 aromatic heterocycles. The van der Waals surface area contributed by atoms with E-state index in [1.54, 1.807) is 31.2 Å². The second-order valence-corrected chi connectivity index (χ2v) is 8.66. The zero-order valence-electron chi connectivity index (χ0n) is 20.9. The Labute approximate surface area is 220 Å². The normalized spacial score (nSPS) is 14.9. The van der Waals surface area contributed by atoms with Crippen LogP contribution in [0.1, 0.15) is 34.5 Å². The summed E-state index contributed by atoms with van der Waals surface area (Å²) in [6, 6.07) is 10.3. The minimum atomic E-state index is -4.78. The van der Waals surface area contributed by atoms with Gasteiger partial charge in [-0.3, -0.25) is 19.3 Å². The van der Waals surface area contributed by atoms with Gasteiger partial charge in [-0.15, -0.1) is 0 Å². The molecule has 3 amide bonds. The molecule has 1 atom stereocenters. The lowest BCUT2D eigenvalue weighted by Gasteiger charge is -2.32. The van der Waals surface area contributed by atoms with E-state index < -0.39 is 35.6 Å². The summed E-state index contributed by atoms with van der Waals surface area (Å²) in [6.45, 7) is 1.77. The Morgan fingerprint density at radius 1 is 1.23 bits per heavy atom. The van der Waals surface area contributed by atoms with Gasteiger partial charge in [-0.1, -0.05) is 18.2 Å². The fraction of sp³-hybridized carbons (Fsp3) is 0.320. The van der Waals surface area contributed by atoms with Gasteiger partial charge < -0.3 is 10.2 Å². The van der Waals surface area contributed by atoms with Crippen LogP contribution in [-0.4, -0.2) is 68.5 Å². The predicted molar refractivity (Wildman–Crippen MR) is 131 cm³/mol. The van der Waals surface area contributed by atoms with E-state index in [1.165, 1.54) is 21.5 Å². The van der Waals surface area contributed by atoms with Crippen LogP contribution >= 0.6 is 0 Å². The third kappa shape index (κ3) is 5.57. The van der Waals surface area contributed by atoms with Gasteiger partial charge in [0.1, 0.15) is 24.1 Å². The molecule has 1 unspecified atom stereocenters. The molecule has 0 saturated carbocycles. The minimum absolute atomic E-state index is 0.0766. The summed E-state index contributed by atoms with van der Waals surface area (Å²) in [5.74, 6) is -2.27. The average molecular weight is 541 g/mol. The fourth-order valence-electron chi connectivity index (χ4n) is 4.19. The van der Waals surface area contributed by atoms with E-state index in [1.807, 2.05) is 12.1 Å². The van der Waals surface area contributed by atoms with Crippen molar-refractivity contribution in [3.63, 3.8) is 0 Å². The highest BCUT2D eigenvalue weighted by Crippen LogP contribution is 2.34. The smallest absolute Gasteiger partial charge is 0.337 e. The SMILES string of the molecule is CCN1C(=O)C(NC(=O)c2nccc(C(F)(F)F)n2)Cc2c(CC(=O)N(C)CC#N)nn(-c3ccccc3)c21. The summed E-state index contributed by atoms with van der Waals surface area (Å²) >= 11 is 0. The number of aromatic nitrogens is 4. The van der Waals surface area contributed by atoms with Crippen LogP contribution in [0.5, 0.6) is 0 Å². The molecule has 1 aromatic carbocycles. The molecule has 1 aliphatic heterocycles. The lowest BCUT2D eigenvalue weighted by Crippen LogP contribution is -2.53. The lowest BCUT2D eigenvalue weighted by atomic mass is 9.97. The number of anilines is 1. The molecule has 202 valence electrons. The van der Waals surface area contributed by atoms with Crippen molar-refractivity contribution in [1.29, 1.82) is 5.26 Å². The molecule has 3 heterocycles. The molecule has 39 heavy (non-hydrogen) atoms. The first-order chi connectivity index (χ1) is 18.5. The zero-order chi connectivity index (χ0) is 28.3. The van der Waals surface area contributed by atoms with E-state index >= 15 is 0 Å². The number of nitrogens with one attached hydrogen (secondary N) is 1. The van der Waals surface area contributed by atoms with Gasteiger partial charge in [-0.05, 0) is 25.1 Å². The molecular weight excluding hydrogens is 517 g/mol. The van der Waals surface area contributed by atoms with Crippen LogP contribution in [0.4, 0.5) is 19.0 Å². The van der Waals surface area contributed by atoms with Gasteiger partial charge in [-0.25, -0.2) is 14.6 Å². The average Bonchev–Trinajstić information content (AvgIpc) is 3.26. The highest BCUT2D eigenvalue weighted by atomic mass is 19.4. The highest BCUT2D eigenvalue weighted by Gasteiger charge is 2.39. The van der Waals surface area contributed by atoms with Crippen LogP contribution in [0.15, 0.2) is 42.6 Å². The predicted octanol–water partition coefficient (Wildman–Crippen LogP) is 1.91. The lowest BCUT2D eigenvalue weighted by molar-refractivity contribution is -0.141. The Balaban J connectivity index is 1.72. The minimum Gasteiger partial charge on any atom is -0.337 e. The van der Waals surface area contributed by atoms with Crippen molar-refractivity contribution in [2.75, 3.05) is 25.0 Å². The Bertz CT molecular complexity index is 1450. The molecular formula is C25H23F3N8O3. The molecule has 3 aromatic rings. The third-order valence-electron chi connectivity index (χ3n) is 6.09. The Morgan fingerprint density at radius 2 is 1.95 bits per heavy atom. The largest absolute Gasteiger partial charge is 0.433 e. The van der Waals surface area contributed by atoms with Crippen molar-refractivity contribution in [3.8, 4) is 11.8 Å². The molecule has 14 heteroatoms. The number of para-hydroxylation sites is 1. The van der Waals surface area contributed by atoms with Crippen molar-refractivity contribution in [2.45, 2.75) is 32.0 Å². The van der Waals surface area contributed by atoms with Crippen LogP contribution < -0.4 is 10.2 Å². The standard InChI is InChI=1S/C25H23F3N8O3/c1-3-35-23-16(13-18(24(35)39)31-22(38)21-30-11-9-19(32-21)25(26,27)28)17(14-20(37)34(2)12-10-29)33-36(23)15-7-5-4-6-8-15/h4-9,11,18H,3,12-14H2,1-2H3,(H,31,38). The van der Waals surface area contributed by atoms with E-state index in [4.69, 9.17) is 5.26 Å². The highest BCUT2D eigenvalue weighted by molar-refractivity contribution is 6.03. The number of hydrogen-bond donors (Lipinski definition) is 1. The molecule has 0 radical (unpaired) electrons.